The van der Waals surface area contributed by atoms with Crippen LogP contribution in [-0.2, 0) is 5.41 Å². The van der Waals surface area contributed by atoms with Crippen LogP contribution in [0.15, 0.2) is 65.2 Å². The second-order valence-electron chi connectivity index (χ2n) is 10.2. The number of aromatic nitrogens is 2. The van der Waals surface area contributed by atoms with Gasteiger partial charge in [0, 0.05) is 27.6 Å². The number of nitrogens with zero attached hydrogens (tertiary/aromatic N) is 4. The molecule has 40 heavy (non-hydrogen) atoms. The zero-order valence-corrected chi connectivity index (χ0v) is 24.6. The van der Waals surface area contributed by atoms with Crippen LogP contribution in [0.3, 0.4) is 0 Å². The van der Waals surface area contributed by atoms with Crippen molar-refractivity contribution in [2.45, 2.75) is 32.6 Å². The Morgan fingerprint density at radius 2 is 1.85 bits per heavy atom. The Bertz CT molecular complexity index is 1700. The monoisotopic (exact) mass is 568 g/mol. The molecule has 2 aromatic carbocycles. The molecule has 1 aliphatic carbocycles. The summed E-state index contributed by atoms with van der Waals surface area (Å²) in [6, 6.07) is 17.9. The maximum absolute atomic E-state index is 10.1. The van der Waals surface area contributed by atoms with Crippen molar-refractivity contribution in [3.8, 4) is 23.3 Å². The number of allylic oxidation sites excluding steroid dienone is 2. The third-order valence-electron chi connectivity index (χ3n) is 6.88. The van der Waals surface area contributed by atoms with Crippen molar-refractivity contribution in [2.24, 2.45) is 4.99 Å². The van der Waals surface area contributed by atoms with E-state index in [1.807, 2.05) is 61.5 Å². The number of fused-ring (bicyclic) bond motifs is 1. The summed E-state index contributed by atoms with van der Waals surface area (Å²) in [6.07, 6.45) is 8.79. The van der Waals surface area contributed by atoms with Gasteiger partial charge in [0.25, 0.3) is 0 Å². The van der Waals surface area contributed by atoms with Gasteiger partial charge in [-0.3, -0.25) is 0 Å². The van der Waals surface area contributed by atoms with Crippen LogP contribution < -0.4 is 9.47 Å². The van der Waals surface area contributed by atoms with E-state index in [0.717, 1.165) is 44.9 Å². The highest BCUT2D eigenvalue weighted by Gasteiger charge is 2.33. The lowest BCUT2D eigenvalue weighted by Gasteiger charge is -2.29. The second kappa shape index (κ2) is 11.2. The largest absolute Gasteiger partial charge is 0.493 e. The molecule has 0 spiro atoms. The average Bonchev–Trinajstić information content (AvgIpc) is 3.46. The molecule has 0 amide bonds. The molecule has 4 aromatic rings. The molecule has 0 N–H and O–H groups in total. The molecular formula is C32H29ClN4O2S. The smallest absolute Gasteiger partial charge is 0.161 e. The lowest BCUT2D eigenvalue weighted by molar-refractivity contribution is 0.355. The fourth-order valence-electron chi connectivity index (χ4n) is 4.90. The van der Waals surface area contributed by atoms with E-state index in [2.05, 4.69) is 37.2 Å². The predicted molar refractivity (Wildman–Crippen MR) is 164 cm³/mol. The molecule has 2 aromatic heterocycles. The van der Waals surface area contributed by atoms with Gasteiger partial charge in [-0.2, -0.15) is 10.4 Å². The number of aliphatic imine (C=N–C) groups is 1. The molecule has 1 aliphatic rings. The van der Waals surface area contributed by atoms with Crippen molar-refractivity contribution < 1.29 is 9.47 Å². The van der Waals surface area contributed by atoms with E-state index in [4.69, 9.17) is 26.1 Å². The summed E-state index contributed by atoms with van der Waals surface area (Å²) in [7, 11) is 3.21. The van der Waals surface area contributed by atoms with Gasteiger partial charge in [-0.05, 0) is 67.0 Å². The number of methoxy groups -OCH3 is 2. The van der Waals surface area contributed by atoms with Gasteiger partial charge in [0.1, 0.15) is 16.2 Å². The lowest BCUT2D eigenvalue weighted by Crippen LogP contribution is -2.20. The zero-order chi connectivity index (χ0) is 28.4. The molecule has 0 unspecified atom stereocenters. The van der Waals surface area contributed by atoms with Crippen molar-refractivity contribution in [3.63, 3.8) is 0 Å². The van der Waals surface area contributed by atoms with Crippen LogP contribution in [0.2, 0.25) is 5.15 Å². The van der Waals surface area contributed by atoms with Crippen LogP contribution in [0.1, 0.15) is 53.1 Å². The minimum Gasteiger partial charge on any atom is -0.493 e. The first kappa shape index (κ1) is 27.4. The molecule has 0 radical (unpaired) electrons. The van der Waals surface area contributed by atoms with E-state index in [-0.39, 0.29) is 5.41 Å². The molecule has 2 heterocycles. The Kier molecular flexibility index (Phi) is 7.66. The minimum atomic E-state index is -0.163. The highest BCUT2D eigenvalue weighted by Crippen LogP contribution is 2.48. The van der Waals surface area contributed by atoms with Crippen LogP contribution in [0.25, 0.3) is 17.8 Å². The molecule has 0 atom stereocenters. The number of nitriles is 1. The SMILES string of the molecule is COc1ccc(/C=N/c2sc3c(c2C#N)C=C(/C=C\c2c(C)nn(-c4ccccc4)c2Cl)CC3(C)C)cc1OC. The summed E-state index contributed by atoms with van der Waals surface area (Å²) in [6.45, 7) is 6.37. The Labute approximate surface area is 243 Å². The number of hydrogen-bond donors (Lipinski definition) is 0. The zero-order valence-electron chi connectivity index (χ0n) is 23.0. The number of hydrogen-bond acceptors (Lipinski definition) is 6. The number of ether oxygens (including phenoxy) is 2. The van der Waals surface area contributed by atoms with E-state index >= 15 is 0 Å². The number of aryl methyl sites for hydroxylation is 1. The molecule has 8 heteroatoms. The summed E-state index contributed by atoms with van der Waals surface area (Å²) in [5, 5.41) is 16.0. The topological polar surface area (TPSA) is 72.4 Å². The van der Waals surface area contributed by atoms with Crippen LogP contribution in [0.4, 0.5) is 5.00 Å². The molecular weight excluding hydrogens is 540 g/mol. The van der Waals surface area contributed by atoms with Gasteiger partial charge in [0.2, 0.25) is 0 Å². The fourth-order valence-corrected chi connectivity index (χ4v) is 6.41. The maximum Gasteiger partial charge on any atom is 0.161 e. The van der Waals surface area contributed by atoms with Gasteiger partial charge in [0.15, 0.2) is 11.5 Å². The van der Waals surface area contributed by atoms with Gasteiger partial charge in [0.05, 0.1) is 31.2 Å². The highest BCUT2D eigenvalue weighted by atomic mass is 35.5. The quantitative estimate of drug-likeness (QED) is 0.210. The second-order valence-corrected chi connectivity index (χ2v) is 11.5. The maximum atomic E-state index is 10.1. The molecule has 202 valence electrons. The Hall–Kier alpha value is -4.12. The van der Waals surface area contributed by atoms with Gasteiger partial charge in [-0.15, -0.1) is 11.3 Å². The lowest BCUT2D eigenvalue weighted by atomic mass is 9.77. The third-order valence-corrected chi connectivity index (χ3v) is 8.72. The summed E-state index contributed by atoms with van der Waals surface area (Å²) >= 11 is 8.32. The van der Waals surface area contributed by atoms with Gasteiger partial charge in [-0.1, -0.05) is 49.7 Å². The van der Waals surface area contributed by atoms with Crippen molar-refractivity contribution >= 4 is 46.3 Å². The van der Waals surface area contributed by atoms with Gasteiger partial charge in [-0.25, -0.2) is 9.67 Å². The van der Waals surface area contributed by atoms with Gasteiger partial charge < -0.3 is 9.47 Å². The van der Waals surface area contributed by atoms with E-state index in [0.29, 0.717) is 27.2 Å². The normalized spacial score (nSPS) is 14.3. The molecule has 0 bridgehead atoms. The summed E-state index contributed by atoms with van der Waals surface area (Å²) in [5.74, 6) is 1.28. The third kappa shape index (κ3) is 5.21. The van der Waals surface area contributed by atoms with E-state index in [9.17, 15) is 5.26 Å². The van der Waals surface area contributed by atoms with Crippen molar-refractivity contribution in [2.75, 3.05) is 14.2 Å². The molecule has 0 aliphatic heterocycles. The number of para-hydroxylation sites is 1. The number of thiophene rings is 1. The molecule has 0 saturated carbocycles. The van der Waals surface area contributed by atoms with E-state index in [1.165, 1.54) is 0 Å². The van der Waals surface area contributed by atoms with Crippen molar-refractivity contribution in [1.82, 2.24) is 9.78 Å². The first-order chi connectivity index (χ1) is 19.2. The molecule has 5 rings (SSSR count). The van der Waals surface area contributed by atoms with E-state index < -0.39 is 0 Å². The Balaban J connectivity index is 1.48. The first-order valence-electron chi connectivity index (χ1n) is 12.8. The van der Waals surface area contributed by atoms with Gasteiger partial charge >= 0.3 is 0 Å². The minimum absolute atomic E-state index is 0.163. The average molecular weight is 569 g/mol. The Morgan fingerprint density at radius 1 is 1.10 bits per heavy atom. The van der Waals surface area contributed by atoms with Crippen molar-refractivity contribution in [1.29, 1.82) is 5.26 Å². The van der Waals surface area contributed by atoms with Crippen molar-refractivity contribution in [3.05, 3.63) is 98.2 Å². The standard InChI is InChI=1S/C32H29ClN4O2S/c1-20-24(30(33)37(36-20)23-9-7-6-8-10-23)13-11-21-15-25-26(18-34)31(40-29(25)32(2,3)17-21)35-19-22-12-14-27(38-4)28(16-22)39-5/h6-16,19H,17H2,1-5H3/b13-11-,35-19+. The predicted octanol–water partition coefficient (Wildman–Crippen LogP) is 8.31. The number of halogens is 1. The van der Waals surface area contributed by atoms with Crippen LogP contribution >= 0.6 is 22.9 Å². The van der Waals surface area contributed by atoms with Crippen LogP contribution in [0, 0.1) is 18.3 Å². The van der Waals surface area contributed by atoms with Crippen LogP contribution in [-0.4, -0.2) is 30.2 Å². The molecule has 6 nitrogen and oxygen atoms in total. The number of rotatable bonds is 7. The number of benzene rings is 2. The molecule has 0 saturated heterocycles. The van der Waals surface area contributed by atoms with Crippen LogP contribution in [0.5, 0.6) is 11.5 Å². The fraction of sp³-hybridized carbons (Fsp3) is 0.219. The summed E-state index contributed by atoms with van der Waals surface area (Å²) in [5.41, 5.74) is 5.97. The first-order valence-corrected chi connectivity index (χ1v) is 14.0. The molecule has 0 fully saturated rings. The Morgan fingerprint density at radius 3 is 2.55 bits per heavy atom. The summed E-state index contributed by atoms with van der Waals surface area (Å²) < 4.78 is 12.5. The summed E-state index contributed by atoms with van der Waals surface area (Å²) in [4.78, 5) is 5.88. The highest BCUT2D eigenvalue weighted by molar-refractivity contribution is 7.16. The van der Waals surface area contributed by atoms with E-state index in [1.54, 1.807) is 36.5 Å².